The molecule has 0 amide bonds. The Balaban J connectivity index is 0.777. The van der Waals surface area contributed by atoms with Gasteiger partial charge < -0.3 is 17.7 Å². The van der Waals surface area contributed by atoms with Gasteiger partial charge in [-0.25, -0.2) is 0 Å². The number of anilines is 6. The van der Waals surface area contributed by atoms with Crippen LogP contribution in [0.2, 0.25) is 0 Å². The standard InChI is InChI=1S/C108H82N2O4/c1-105(2,3)75-39-31-65(32-40-75)97-89-53-51-88-87(101(89)113-103(97)109(77-43-35-67-55-73(29-27-69(67)57-77)95-59-71-21-13-17-25-93(71)111-95)79-45-49-83-85-47-37-63-19-11-15-23-81(63)99(85)107(7,8)91(83)61-79)52-54-90-98(66-33-41-76(42-34-66)106(4,5)6)104(114-102(88)90)110(78-44-36-68-56-74(30-28-70(68)58-78)96-60-72-22-14-18-26-94(72)112-96)80-46-50-84-86-48-38-64-20-12-16-24-82(64)100(86)108(9,10)92(84)62-80/h11-62H,1-10H3. The molecule has 22 rings (SSSR count). The molecule has 0 spiro atoms. The molecule has 0 saturated carbocycles. The van der Waals surface area contributed by atoms with Gasteiger partial charge in [-0.15, -0.1) is 0 Å². The first-order valence-corrected chi connectivity index (χ1v) is 39.9. The van der Waals surface area contributed by atoms with E-state index >= 15 is 0 Å². The molecule has 0 fully saturated rings. The van der Waals surface area contributed by atoms with Gasteiger partial charge in [-0.1, -0.05) is 275 Å². The predicted octanol–water partition coefficient (Wildman–Crippen LogP) is 31.3. The molecule has 0 bridgehead atoms. The maximum absolute atomic E-state index is 8.01. The van der Waals surface area contributed by atoms with Crippen molar-refractivity contribution in [3.05, 3.63) is 349 Å². The molecule has 0 N–H and O–H groups in total. The Morgan fingerprint density at radius 2 is 0.588 bits per heavy atom. The molecule has 2 aliphatic carbocycles. The number of benzene rings is 16. The zero-order chi connectivity index (χ0) is 77.0. The first-order valence-electron chi connectivity index (χ1n) is 39.9. The summed E-state index contributed by atoms with van der Waals surface area (Å²) in [7, 11) is 0. The fraction of sp³-hybridized carbons (Fsp3) is 0.130. The SMILES string of the molecule is CC(C)(C)c1ccc(-c2c(N(c3ccc4c(c3)C(C)(C)c3c-4ccc4ccccc34)c3ccc4cc(-c5cc6ccccc6o5)ccc4c3)oc3c2ccc2c3ccc3c(-c4ccc(C(C)(C)C)cc4)c(N(c4ccc5c(c4)C(C)(C)c4c-5ccc5ccccc45)c4ccc5cc(-c6cc7ccccc7o6)ccc5c4)oc32)cc1. The van der Waals surface area contributed by atoms with Gasteiger partial charge in [0.15, 0.2) is 0 Å². The number of hydrogen-bond donors (Lipinski definition) is 0. The Labute approximate surface area is 662 Å². The third kappa shape index (κ3) is 10.4. The fourth-order valence-corrected chi connectivity index (χ4v) is 19.2. The number of hydrogen-bond acceptors (Lipinski definition) is 6. The number of fused-ring (bicyclic) bond motifs is 19. The van der Waals surface area contributed by atoms with Crippen LogP contribution < -0.4 is 9.80 Å². The van der Waals surface area contributed by atoms with E-state index in [1.807, 2.05) is 24.3 Å². The monoisotopic (exact) mass is 1470 g/mol. The van der Waals surface area contributed by atoms with E-state index in [-0.39, 0.29) is 21.7 Å². The first-order chi connectivity index (χ1) is 55.2. The van der Waals surface area contributed by atoms with Crippen LogP contribution in [0.4, 0.5) is 34.5 Å². The van der Waals surface area contributed by atoms with Crippen LogP contribution in [0.15, 0.2) is 333 Å². The lowest BCUT2D eigenvalue weighted by Crippen LogP contribution is -2.17. The Hall–Kier alpha value is -13.4. The summed E-state index contributed by atoms with van der Waals surface area (Å²) in [6.07, 6.45) is 0. The Morgan fingerprint density at radius 1 is 0.254 bits per heavy atom. The van der Waals surface area contributed by atoms with Crippen LogP contribution in [0, 0.1) is 0 Å². The van der Waals surface area contributed by atoms with E-state index < -0.39 is 0 Å². The van der Waals surface area contributed by atoms with Crippen LogP contribution in [-0.4, -0.2) is 0 Å². The topological polar surface area (TPSA) is 59.0 Å². The molecule has 2 aliphatic rings. The van der Waals surface area contributed by atoms with Crippen molar-refractivity contribution < 1.29 is 17.7 Å². The molecule has 0 atom stereocenters. The molecule has 548 valence electrons. The van der Waals surface area contributed by atoms with E-state index in [2.05, 4.69) is 370 Å². The van der Waals surface area contributed by atoms with E-state index in [1.165, 1.54) is 77.2 Å². The summed E-state index contributed by atoms with van der Waals surface area (Å²) in [5, 5.41) is 15.4. The fourth-order valence-electron chi connectivity index (χ4n) is 19.2. The lowest BCUT2D eigenvalue weighted by molar-refractivity contribution is 0.590. The summed E-state index contributed by atoms with van der Waals surface area (Å²) in [6.45, 7) is 23.3. The van der Waals surface area contributed by atoms with Crippen LogP contribution in [-0.2, 0) is 21.7 Å². The van der Waals surface area contributed by atoms with Crippen molar-refractivity contribution >= 4 is 132 Å². The van der Waals surface area contributed by atoms with Gasteiger partial charge >= 0.3 is 0 Å². The van der Waals surface area contributed by atoms with Crippen LogP contribution in [0.1, 0.15) is 103 Å². The van der Waals surface area contributed by atoms with Crippen molar-refractivity contribution in [2.75, 3.05) is 9.80 Å². The molecular formula is C108H82N2O4. The molecule has 4 aromatic heterocycles. The highest BCUT2D eigenvalue weighted by atomic mass is 16.4. The molecule has 20 aromatic rings. The summed E-state index contributed by atoms with van der Waals surface area (Å²) in [6, 6.07) is 116. The molecule has 0 unspecified atom stereocenters. The maximum Gasteiger partial charge on any atom is 0.213 e. The first kappa shape index (κ1) is 67.5. The van der Waals surface area contributed by atoms with Gasteiger partial charge in [0.1, 0.15) is 33.9 Å². The average molecular weight is 1470 g/mol. The lowest BCUT2D eigenvalue weighted by Gasteiger charge is -2.28. The zero-order valence-corrected chi connectivity index (χ0v) is 65.5. The van der Waals surface area contributed by atoms with E-state index in [1.54, 1.807) is 0 Å². The highest BCUT2D eigenvalue weighted by Gasteiger charge is 2.41. The maximum atomic E-state index is 8.01. The molecule has 114 heavy (non-hydrogen) atoms. The van der Waals surface area contributed by atoms with Gasteiger partial charge in [0.2, 0.25) is 11.8 Å². The molecular weight excluding hydrogens is 1390 g/mol. The lowest BCUT2D eigenvalue weighted by atomic mass is 9.80. The molecule has 0 aliphatic heterocycles. The minimum atomic E-state index is -0.344. The van der Waals surface area contributed by atoms with Crippen molar-refractivity contribution in [1.82, 2.24) is 0 Å². The van der Waals surface area contributed by atoms with Crippen molar-refractivity contribution in [2.24, 2.45) is 0 Å². The number of furan rings is 4. The minimum Gasteiger partial charge on any atom is -0.456 e. The number of rotatable bonds is 10. The van der Waals surface area contributed by atoms with Gasteiger partial charge in [0, 0.05) is 77.0 Å². The minimum absolute atomic E-state index is 0.0818. The quantitative estimate of drug-likeness (QED) is 0.136. The zero-order valence-electron chi connectivity index (χ0n) is 65.5. The second-order valence-electron chi connectivity index (χ2n) is 34.8. The van der Waals surface area contributed by atoms with Crippen LogP contribution in [0.5, 0.6) is 0 Å². The molecule has 6 heteroatoms. The van der Waals surface area contributed by atoms with E-state index in [9.17, 15) is 0 Å². The third-order valence-electron chi connectivity index (χ3n) is 25.1. The van der Waals surface area contributed by atoms with Crippen LogP contribution >= 0.6 is 0 Å². The van der Waals surface area contributed by atoms with Crippen LogP contribution in [0.3, 0.4) is 0 Å². The summed E-state index contributed by atoms with van der Waals surface area (Å²) in [4.78, 5) is 4.76. The highest BCUT2D eigenvalue weighted by Crippen LogP contribution is 2.59. The largest absolute Gasteiger partial charge is 0.456 e. The van der Waals surface area contributed by atoms with Crippen molar-refractivity contribution in [2.45, 2.75) is 90.9 Å². The summed E-state index contributed by atoms with van der Waals surface area (Å²) in [5.41, 5.74) is 25.2. The number of nitrogens with zero attached hydrogens (tertiary/aromatic N) is 2. The second-order valence-corrected chi connectivity index (χ2v) is 34.8. The van der Waals surface area contributed by atoms with Crippen molar-refractivity contribution in [3.8, 4) is 67.2 Å². The predicted molar refractivity (Wildman–Crippen MR) is 477 cm³/mol. The molecule has 6 nitrogen and oxygen atoms in total. The van der Waals surface area contributed by atoms with E-state index in [0.717, 1.165) is 144 Å². The second kappa shape index (κ2) is 24.5. The molecule has 0 saturated heterocycles. The average Bonchev–Trinajstić information content (AvgIpc) is 1.56. The normalized spacial score (nSPS) is 13.7. The highest BCUT2D eigenvalue weighted by molar-refractivity contribution is 6.21. The molecule has 0 radical (unpaired) electrons. The van der Waals surface area contributed by atoms with Crippen molar-refractivity contribution in [1.29, 1.82) is 0 Å². The van der Waals surface area contributed by atoms with E-state index in [0.29, 0.717) is 11.8 Å². The van der Waals surface area contributed by atoms with Gasteiger partial charge in [-0.2, -0.15) is 0 Å². The molecule has 16 aromatic carbocycles. The summed E-state index contributed by atoms with van der Waals surface area (Å²) < 4.78 is 29.0. The Kier molecular flexibility index (Phi) is 14.5. The van der Waals surface area contributed by atoms with Gasteiger partial charge in [-0.3, -0.25) is 9.80 Å². The van der Waals surface area contributed by atoms with E-state index in [4.69, 9.17) is 17.7 Å². The van der Waals surface area contributed by atoms with Crippen LogP contribution in [0.25, 0.3) is 165 Å². The van der Waals surface area contributed by atoms with Gasteiger partial charge in [0.05, 0.1) is 11.1 Å². The molecule has 4 heterocycles. The third-order valence-corrected chi connectivity index (χ3v) is 25.1. The summed E-state index contributed by atoms with van der Waals surface area (Å²) >= 11 is 0. The van der Waals surface area contributed by atoms with Gasteiger partial charge in [-0.05, 0) is 230 Å². The van der Waals surface area contributed by atoms with Crippen molar-refractivity contribution in [3.63, 3.8) is 0 Å². The Morgan fingerprint density at radius 3 is 1.00 bits per heavy atom. The summed E-state index contributed by atoms with van der Waals surface area (Å²) in [5.74, 6) is 3.09. The van der Waals surface area contributed by atoms with Gasteiger partial charge in [0.25, 0.3) is 0 Å². The Bertz CT molecular complexity index is 6930. The number of para-hydroxylation sites is 2. The smallest absolute Gasteiger partial charge is 0.213 e.